The molecule has 23 heavy (non-hydrogen) atoms. The fourth-order valence-corrected chi connectivity index (χ4v) is 2.68. The first-order valence-electron chi connectivity index (χ1n) is 7.76. The highest BCUT2D eigenvalue weighted by molar-refractivity contribution is 5.97. The van der Waals surface area contributed by atoms with Crippen molar-refractivity contribution in [3.8, 4) is 11.3 Å². The number of oxazole rings is 1. The van der Waals surface area contributed by atoms with Gasteiger partial charge in [0.15, 0.2) is 17.3 Å². The lowest BCUT2D eigenvalue weighted by Crippen LogP contribution is -2.38. The number of benzene rings is 1. The molecule has 2 aromatic rings. The molecule has 2 unspecified atom stereocenters. The van der Waals surface area contributed by atoms with Crippen LogP contribution in [-0.4, -0.2) is 41.4 Å². The molecule has 1 aromatic heterocycles. The molecule has 1 aliphatic rings. The van der Waals surface area contributed by atoms with E-state index in [-0.39, 0.29) is 24.2 Å². The summed E-state index contributed by atoms with van der Waals surface area (Å²) in [5.74, 6) is 0.499. The number of nitrogens with zero attached hydrogens (tertiary/aromatic N) is 1. The van der Waals surface area contributed by atoms with Gasteiger partial charge in [-0.25, -0.2) is 4.98 Å². The zero-order valence-corrected chi connectivity index (χ0v) is 13.0. The number of carbonyl (C=O) groups is 1. The average molecular weight is 316 g/mol. The summed E-state index contributed by atoms with van der Waals surface area (Å²) >= 11 is 0. The number of hydrogen-bond acceptors (Lipinski definition) is 5. The quantitative estimate of drug-likeness (QED) is 0.880. The van der Waals surface area contributed by atoms with Crippen LogP contribution >= 0.6 is 0 Å². The molecule has 1 aliphatic heterocycles. The number of ether oxygens (including phenoxy) is 1. The van der Waals surface area contributed by atoms with Gasteiger partial charge >= 0.3 is 0 Å². The first-order chi connectivity index (χ1) is 11.1. The highest BCUT2D eigenvalue weighted by Crippen LogP contribution is 2.24. The SMILES string of the molecule is Cc1nc(C(=O)NCC(O)C2CCCO2)c(-c2ccccc2)o1. The van der Waals surface area contributed by atoms with Gasteiger partial charge in [0.25, 0.3) is 5.91 Å². The van der Waals surface area contributed by atoms with Crippen molar-refractivity contribution < 1.29 is 19.1 Å². The van der Waals surface area contributed by atoms with Crippen LogP contribution in [0.4, 0.5) is 0 Å². The third-order valence-corrected chi connectivity index (χ3v) is 3.85. The van der Waals surface area contributed by atoms with Gasteiger partial charge in [0.05, 0.1) is 12.2 Å². The second-order valence-corrected chi connectivity index (χ2v) is 5.61. The number of carbonyl (C=O) groups excluding carboxylic acids is 1. The van der Waals surface area contributed by atoms with E-state index in [0.717, 1.165) is 18.4 Å². The van der Waals surface area contributed by atoms with E-state index in [9.17, 15) is 9.90 Å². The summed E-state index contributed by atoms with van der Waals surface area (Å²) in [7, 11) is 0. The predicted molar refractivity (Wildman–Crippen MR) is 84.0 cm³/mol. The summed E-state index contributed by atoms with van der Waals surface area (Å²) in [5.41, 5.74) is 1.02. The normalized spacial score (nSPS) is 18.8. The first-order valence-corrected chi connectivity index (χ1v) is 7.76. The van der Waals surface area contributed by atoms with E-state index >= 15 is 0 Å². The molecular weight excluding hydrogens is 296 g/mol. The van der Waals surface area contributed by atoms with E-state index in [0.29, 0.717) is 18.3 Å². The largest absolute Gasteiger partial charge is 0.440 e. The minimum Gasteiger partial charge on any atom is -0.440 e. The van der Waals surface area contributed by atoms with Crippen LogP contribution < -0.4 is 5.32 Å². The van der Waals surface area contributed by atoms with Gasteiger partial charge in [0.1, 0.15) is 0 Å². The fourth-order valence-electron chi connectivity index (χ4n) is 2.68. The van der Waals surface area contributed by atoms with Crippen LogP contribution in [0.3, 0.4) is 0 Å². The maximum absolute atomic E-state index is 12.4. The van der Waals surface area contributed by atoms with Crippen molar-refractivity contribution in [2.24, 2.45) is 0 Å². The second-order valence-electron chi connectivity index (χ2n) is 5.61. The Labute approximate surface area is 134 Å². The molecule has 1 aromatic carbocycles. The zero-order chi connectivity index (χ0) is 16.2. The minimum atomic E-state index is -0.713. The summed E-state index contributed by atoms with van der Waals surface area (Å²) < 4.78 is 11.0. The Morgan fingerprint density at radius 3 is 2.91 bits per heavy atom. The molecule has 1 saturated heterocycles. The molecule has 0 spiro atoms. The molecule has 1 amide bonds. The van der Waals surface area contributed by atoms with Crippen LogP contribution in [0, 0.1) is 6.92 Å². The van der Waals surface area contributed by atoms with E-state index in [4.69, 9.17) is 9.15 Å². The van der Waals surface area contributed by atoms with Gasteiger partial charge in [-0.15, -0.1) is 0 Å². The summed E-state index contributed by atoms with van der Waals surface area (Å²) in [6.45, 7) is 2.49. The summed E-state index contributed by atoms with van der Waals surface area (Å²) in [6.07, 6.45) is 0.837. The third kappa shape index (κ3) is 3.60. The summed E-state index contributed by atoms with van der Waals surface area (Å²) in [4.78, 5) is 16.6. The third-order valence-electron chi connectivity index (χ3n) is 3.85. The van der Waals surface area contributed by atoms with Crippen molar-refractivity contribution in [3.63, 3.8) is 0 Å². The smallest absolute Gasteiger partial charge is 0.274 e. The predicted octanol–water partition coefficient (Wildman–Crippen LogP) is 1.92. The molecule has 2 atom stereocenters. The van der Waals surface area contributed by atoms with Crippen molar-refractivity contribution in [2.75, 3.05) is 13.2 Å². The molecule has 2 N–H and O–H groups in total. The standard InChI is InChI=1S/C17H20N2O4/c1-11-19-15(16(23-11)12-6-3-2-4-7-12)17(21)18-10-13(20)14-8-5-9-22-14/h2-4,6-7,13-14,20H,5,8-10H2,1H3,(H,18,21). The number of aliphatic hydroxyl groups excluding tert-OH is 1. The van der Waals surface area contributed by atoms with Crippen molar-refractivity contribution in [1.29, 1.82) is 0 Å². The lowest BCUT2D eigenvalue weighted by molar-refractivity contribution is -0.0000977. The second kappa shape index (κ2) is 6.93. The molecule has 122 valence electrons. The number of nitrogens with one attached hydrogen (secondary N) is 1. The Bertz CT molecular complexity index is 662. The molecule has 0 aliphatic carbocycles. The van der Waals surface area contributed by atoms with Gasteiger partial charge in [0, 0.05) is 25.6 Å². The maximum atomic E-state index is 12.4. The van der Waals surface area contributed by atoms with E-state index in [1.54, 1.807) is 6.92 Å². The molecule has 1 fully saturated rings. The topological polar surface area (TPSA) is 84.6 Å². The Kier molecular flexibility index (Phi) is 4.73. The Hall–Kier alpha value is -2.18. The van der Waals surface area contributed by atoms with Crippen LogP contribution in [0.25, 0.3) is 11.3 Å². The van der Waals surface area contributed by atoms with Crippen LogP contribution in [0.2, 0.25) is 0 Å². The lowest BCUT2D eigenvalue weighted by Gasteiger charge is -2.17. The van der Waals surface area contributed by atoms with Crippen LogP contribution in [0.15, 0.2) is 34.7 Å². The molecule has 6 nitrogen and oxygen atoms in total. The van der Waals surface area contributed by atoms with Gasteiger partial charge in [-0.05, 0) is 12.8 Å². The minimum absolute atomic E-state index is 0.129. The zero-order valence-electron chi connectivity index (χ0n) is 13.0. The molecule has 3 rings (SSSR count). The fraction of sp³-hybridized carbons (Fsp3) is 0.412. The highest BCUT2D eigenvalue weighted by atomic mass is 16.5. The van der Waals surface area contributed by atoms with Gasteiger partial charge in [-0.2, -0.15) is 0 Å². The molecule has 2 heterocycles. The van der Waals surface area contributed by atoms with Crippen molar-refractivity contribution in [3.05, 3.63) is 41.9 Å². The number of aryl methyl sites for hydroxylation is 1. The number of aliphatic hydroxyl groups is 1. The maximum Gasteiger partial charge on any atom is 0.274 e. The number of hydrogen-bond donors (Lipinski definition) is 2. The van der Waals surface area contributed by atoms with E-state index in [2.05, 4.69) is 10.3 Å². The van der Waals surface area contributed by atoms with Crippen LogP contribution in [-0.2, 0) is 4.74 Å². The Balaban J connectivity index is 1.70. The monoisotopic (exact) mass is 316 g/mol. The van der Waals surface area contributed by atoms with Gasteiger partial charge < -0.3 is 19.6 Å². The van der Waals surface area contributed by atoms with Crippen molar-refractivity contribution >= 4 is 5.91 Å². The van der Waals surface area contributed by atoms with E-state index in [1.165, 1.54) is 0 Å². The average Bonchev–Trinajstić information content (AvgIpc) is 3.22. The Morgan fingerprint density at radius 2 is 2.22 bits per heavy atom. The molecule has 6 heteroatoms. The highest BCUT2D eigenvalue weighted by Gasteiger charge is 2.26. The Morgan fingerprint density at radius 1 is 1.43 bits per heavy atom. The molecular formula is C17H20N2O4. The summed E-state index contributed by atoms with van der Waals surface area (Å²) in [6, 6.07) is 9.35. The molecule has 0 bridgehead atoms. The van der Waals surface area contributed by atoms with Crippen molar-refractivity contribution in [1.82, 2.24) is 10.3 Å². The van der Waals surface area contributed by atoms with Crippen molar-refractivity contribution in [2.45, 2.75) is 32.0 Å². The lowest BCUT2D eigenvalue weighted by atomic mass is 10.1. The van der Waals surface area contributed by atoms with Gasteiger partial charge in [-0.1, -0.05) is 30.3 Å². The van der Waals surface area contributed by atoms with Gasteiger partial charge in [-0.3, -0.25) is 4.79 Å². The molecule has 0 saturated carbocycles. The molecule has 0 radical (unpaired) electrons. The van der Waals surface area contributed by atoms with Crippen LogP contribution in [0.1, 0.15) is 29.2 Å². The number of aromatic nitrogens is 1. The number of rotatable bonds is 5. The summed E-state index contributed by atoms with van der Waals surface area (Å²) in [5, 5.41) is 12.8. The van der Waals surface area contributed by atoms with E-state index in [1.807, 2.05) is 30.3 Å². The van der Waals surface area contributed by atoms with Gasteiger partial charge in [0.2, 0.25) is 0 Å². The first kappa shape index (κ1) is 15.7. The van der Waals surface area contributed by atoms with Crippen LogP contribution in [0.5, 0.6) is 0 Å². The number of amides is 1. The van der Waals surface area contributed by atoms with E-state index < -0.39 is 6.10 Å².